The highest BCUT2D eigenvalue weighted by atomic mass is 16.3. The number of hydrogen-bond acceptors (Lipinski definition) is 3. The molecule has 3 aromatic rings. The highest BCUT2D eigenvalue weighted by Crippen LogP contribution is 2.37. The summed E-state index contributed by atoms with van der Waals surface area (Å²) < 4.78 is 0. The van der Waals surface area contributed by atoms with Gasteiger partial charge < -0.3 is 15.2 Å². The minimum Gasteiger partial charge on any atom is -0.504 e. The first-order valence-electron chi connectivity index (χ1n) is 8.39. The third kappa shape index (κ3) is 2.74. The molecule has 0 amide bonds. The molecule has 0 aliphatic carbocycles. The molecule has 0 aliphatic rings. The monoisotopic (exact) mass is 324 g/mol. The van der Waals surface area contributed by atoms with Gasteiger partial charge in [0.15, 0.2) is 11.5 Å². The highest BCUT2D eigenvalue weighted by Gasteiger charge is 2.24. The summed E-state index contributed by atoms with van der Waals surface area (Å²) in [6, 6.07) is 11.4. The first kappa shape index (κ1) is 16.4. The second-order valence-corrected chi connectivity index (χ2v) is 6.11. The first-order valence-corrected chi connectivity index (χ1v) is 8.39. The molecule has 0 spiro atoms. The number of aromatic amines is 1. The molecule has 0 bridgehead atoms. The maximum atomic E-state index is 9.95. The Hall–Kier alpha value is -2.46. The van der Waals surface area contributed by atoms with E-state index in [1.807, 2.05) is 6.07 Å². The van der Waals surface area contributed by atoms with E-state index in [0.717, 1.165) is 24.2 Å². The van der Waals surface area contributed by atoms with E-state index in [9.17, 15) is 10.2 Å². The van der Waals surface area contributed by atoms with Gasteiger partial charge in [0.2, 0.25) is 0 Å². The van der Waals surface area contributed by atoms with Crippen LogP contribution >= 0.6 is 0 Å². The van der Waals surface area contributed by atoms with Crippen LogP contribution in [-0.2, 0) is 0 Å². The number of nitrogens with zero attached hydrogens (tertiary/aromatic N) is 1. The van der Waals surface area contributed by atoms with Crippen molar-refractivity contribution in [1.29, 1.82) is 0 Å². The number of aromatic nitrogens is 1. The van der Waals surface area contributed by atoms with Gasteiger partial charge in [0, 0.05) is 17.1 Å². The van der Waals surface area contributed by atoms with Crippen molar-refractivity contribution in [3.05, 3.63) is 59.3 Å². The Labute approximate surface area is 142 Å². The first-order chi connectivity index (χ1) is 11.6. The molecule has 1 unspecified atom stereocenters. The van der Waals surface area contributed by atoms with E-state index in [1.165, 1.54) is 16.5 Å². The zero-order chi connectivity index (χ0) is 17.3. The van der Waals surface area contributed by atoms with E-state index >= 15 is 0 Å². The summed E-state index contributed by atoms with van der Waals surface area (Å²) in [4.78, 5) is 5.74. The predicted octanol–water partition coefficient (Wildman–Crippen LogP) is 4.32. The molecular formula is C20H24N2O2. The van der Waals surface area contributed by atoms with Crippen molar-refractivity contribution in [3.8, 4) is 11.5 Å². The fourth-order valence-corrected chi connectivity index (χ4v) is 3.44. The molecule has 3 rings (SSSR count). The van der Waals surface area contributed by atoms with Crippen LogP contribution in [0.1, 0.15) is 36.6 Å². The number of H-pyrrole nitrogens is 1. The molecule has 4 heteroatoms. The van der Waals surface area contributed by atoms with Crippen LogP contribution in [-0.4, -0.2) is 33.2 Å². The smallest absolute Gasteiger partial charge is 0.157 e. The predicted molar refractivity (Wildman–Crippen MR) is 97.6 cm³/mol. The van der Waals surface area contributed by atoms with E-state index in [2.05, 4.69) is 55.1 Å². The lowest BCUT2D eigenvalue weighted by atomic mass is 9.95. The molecule has 1 atom stereocenters. The van der Waals surface area contributed by atoms with Crippen LogP contribution in [0.4, 0.5) is 0 Å². The van der Waals surface area contributed by atoms with E-state index < -0.39 is 0 Å². The van der Waals surface area contributed by atoms with Crippen LogP contribution in [0.3, 0.4) is 0 Å². The summed E-state index contributed by atoms with van der Waals surface area (Å²) in [5, 5.41) is 20.8. The van der Waals surface area contributed by atoms with Crippen LogP contribution in [0.2, 0.25) is 0 Å². The maximum absolute atomic E-state index is 9.95. The molecule has 3 N–H and O–H groups in total. The number of phenolic OH excluding ortho intramolecular Hbond substituents is 2. The highest BCUT2D eigenvalue weighted by molar-refractivity contribution is 5.86. The number of hydrogen-bond donors (Lipinski definition) is 3. The summed E-state index contributed by atoms with van der Waals surface area (Å²) in [5.74, 6) is -0.174. The zero-order valence-corrected chi connectivity index (χ0v) is 14.4. The van der Waals surface area contributed by atoms with Gasteiger partial charge in [-0.2, -0.15) is 0 Å². The normalized spacial score (nSPS) is 12.8. The Bertz CT molecular complexity index is 850. The van der Waals surface area contributed by atoms with Gasteiger partial charge in [0.1, 0.15) is 0 Å². The molecule has 2 aromatic carbocycles. The van der Waals surface area contributed by atoms with Gasteiger partial charge in [0.05, 0.1) is 6.04 Å². The van der Waals surface area contributed by atoms with Crippen molar-refractivity contribution in [2.45, 2.75) is 26.8 Å². The molecule has 24 heavy (non-hydrogen) atoms. The van der Waals surface area contributed by atoms with Gasteiger partial charge in [-0.1, -0.05) is 38.1 Å². The molecule has 0 radical (unpaired) electrons. The van der Waals surface area contributed by atoms with Gasteiger partial charge in [-0.25, -0.2) is 0 Å². The van der Waals surface area contributed by atoms with Crippen LogP contribution in [0.5, 0.6) is 11.5 Å². The third-order valence-electron chi connectivity index (χ3n) is 4.74. The topological polar surface area (TPSA) is 59.5 Å². The molecule has 4 nitrogen and oxygen atoms in total. The lowest BCUT2D eigenvalue weighted by molar-refractivity contribution is 0.251. The Morgan fingerprint density at radius 3 is 2.46 bits per heavy atom. The molecule has 1 heterocycles. The quantitative estimate of drug-likeness (QED) is 0.613. The number of rotatable bonds is 5. The SMILES string of the molecule is CCN(CC)C(c1ccc(O)c(O)c1)c1c[nH]c2c(C)cccc12. The number of aryl methyl sites for hydroxylation is 1. The molecular weight excluding hydrogens is 300 g/mol. The van der Waals surface area contributed by atoms with E-state index in [1.54, 1.807) is 12.1 Å². The summed E-state index contributed by atoms with van der Waals surface area (Å²) >= 11 is 0. The molecule has 0 saturated heterocycles. The van der Waals surface area contributed by atoms with Gasteiger partial charge in [-0.05, 0) is 48.8 Å². The largest absolute Gasteiger partial charge is 0.504 e. The maximum Gasteiger partial charge on any atom is 0.157 e. The van der Waals surface area contributed by atoms with Crippen molar-refractivity contribution in [2.24, 2.45) is 0 Å². The number of aromatic hydroxyl groups is 2. The van der Waals surface area contributed by atoms with Crippen molar-refractivity contribution in [2.75, 3.05) is 13.1 Å². The molecule has 0 saturated carbocycles. The molecule has 126 valence electrons. The van der Waals surface area contributed by atoms with Crippen LogP contribution in [0.15, 0.2) is 42.6 Å². The Morgan fingerprint density at radius 2 is 1.79 bits per heavy atom. The second kappa shape index (κ2) is 6.57. The van der Waals surface area contributed by atoms with Gasteiger partial charge in [0.25, 0.3) is 0 Å². The number of benzene rings is 2. The minimum absolute atomic E-state index is 0.0158. The van der Waals surface area contributed by atoms with Crippen molar-refractivity contribution < 1.29 is 10.2 Å². The van der Waals surface area contributed by atoms with Gasteiger partial charge in [-0.15, -0.1) is 0 Å². The number of para-hydroxylation sites is 1. The lowest BCUT2D eigenvalue weighted by Gasteiger charge is -2.30. The van der Waals surface area contributed by atoms with Gasteiger partial charge >= 0.3 is 0 Å². The van der Waals surface area contributed by atoms with E-state index in [-0.39, 0.29) is 17.5 Å². The Balaban J connectivity index is 2.20. The summed E-state index contributed by atoms with van der Waals surface area (Å²) in [7, 11) is 0. The summed E-state index contributed by atoms with van der Waals surface area (Å²) in [6.07, 6.45) is 2.06. The van der Waals surface area contributed by atoms with E-state index in [4.69, 9.17) is 0 Å². The van der Waals surface area contributed by atoms with Crippen molar-refractivity contribution in [1.82, 2.24) is 9.88 Å². The number of fused-ring (bicyclic) bond motifs is 1. The van der Waals surface area contributed by atoms with E-state index in [0.29, 0.717) is 0 Å². The average Bonchev–Trinajstić information content (AvgIpc) is 3.00. The fraction of sp³-hybridized carbons (Fsp3) is 0.300. The second-order valence-electron chi connectivity index (χ2n) is 6.11. The molecule has 0 fully saturated rings. The van der Waals surface area contributed by atoms with Crippen LogP contribution in [0.25, 0.3) is 10.9 Å². The molecule has 1 aromatic heterocycles. The zero-order valence-electron chi connectivity index (χ0n) is 14.4. The third-order valence-corrected chi connectivity index (χ3v) is 4.74. The summed E-state index contributed by atoms with van der Waals surface area (Å²) in [5.41, 5.74) is 4.51. The standard InChI is InChI=1S/C20H24N2O2/c1-4-22(5-2)20(14-9-10-17(23)18(24)11-14)16-12-21-19-13(3)7-6-8-15(16)19/h6-12,20-21,23-24H,4-5H2,1-3H3. The molecule has 0 aliphatic heterocycles. The van der Waals surface area contributed by atoms with Crippen LogP contribution in [0, 0.1) is 6.92 Å². The van der Waals surface area contributed by atoms with Crippen molar-refractivity contribution in [3.63, 3.8) is 0 Å². The lowest BCUT2D eigenvalue weighted by Crippen LogP contribution is -2.29. The fourth-order valence-electron chi connectivity index (χ4n) is 3.44. The average molecular weight is 324 g/mol. The number of phenols is 2. The van der Waals surface area contributed by atoms with Crippen molar-refractivity contribution >= 4 is 10.9 Å². The van der Waals surface area contributed by atoms with Crippen LogP contribution < -0.4 is 0 Å². The summed E-state index contributed by atoms with van der Waals surface area (Å²) in [6.45, 7) is 8.15. The van der Waals surface area contributed by atoms with Gasteiger partial charge in [-0.3, -0.25) is 4.90 Å². The Morgan fingerprint density at radius 1 is 1.04 bits per heavy atom. The Kier molecular flexibility index (Phi) is 4.49. The number of nitrogens with one attached hydrogen (secondary N) is 1. The minimum atomic E-state index is -0.0909.